The van der Waals surface area contributed by atoms with Crippen molar-refractivity contribution in [2.75, 3.05) is 42.3 Å². The molecule has 0 spiro atoms. The second-order valence-corrected chi connectivity index (χ2v) is 8.77. The van der Waals surface area contributed by atoms with Gasteiger partial charge in [0.2, 0.25) is 11.8 Å². The van der Waals surface area contributed by atoms with Crippen LogP contribution in [0.15, 0.2) is 70.9 Å². The number of likely N-dealkylation sites (N-methyl/N-ethyl adjacent to an activating group) is 1. The number of anilines is 3. The van der Waals surface area contributed by atoms with Gasteiger partial charge in [0.05, 0.1) is 23.7 Å². The standard InChI is InChI=1S/C23H24N4O3S2/c1-27(15-22(29)26-18-6-3-4-7-19(18)31-2)14-21(28)24-16-9-11-17(12-10-16)25-23(30)20-8-5-13-32-20/h3-13H,14-15H2,1-2H3,(H,24,28)(H,25,30)(H,26,29). The second kappa shape index (κ2) is 11.5. The number of nitrogens with one attached hydrogen (secondary N) is 3. The van der Waals surface area contributed by atoms with E-state index in [2.05, 4.69) is 16.0 Å². The number of carbonyl (C=O) groups is 3. The highest BCUT2D eigenvalue weighted by molar-refractivity contribution is 7.98. The van der Waals surface area contributed by atoms with Gasteiger partial charge in [-0.15, -0.1) is 23.1 Å². The Morgan fingerprint density at radius 3 is 2.09 bits per heavy atom. The fourth-order valence-electron chi connectivity index (χ4n) is 2.92. The van der Waals surface area contributed by atoms with E-state index in [1.165, 1.54) is 11.3 Å². The smallest absolute Gasteiger partial charge is 0.265 e. The van der Waals surface area contributed by atoms with Crippen molar-refractivity contribution in [2.45, 2.75) is 4.90 Å². The van der Waals surface area contributed by atoms with Gasteiger partial charge >= 0.3 is 0 Å². The molecule has 0 fully saturated rings. The van der Waals surface area contributed by atoms with Crippen LogP contribution in [0.5, 0.6) is 0 Å². The first-order valence-electron chi connectivity index (χ1n) is 9.81. The van der Waals surface area contributed by atoms with Gasteiger partial charge in [-0.25, -0.2) is 0 Å². The molecular weight excluding hydrogens is 444 g/mol. The highest BCUT2D eigenvalue weighted by Crippen LogP contribution is 2.24. The van der Waals surface area contributed by atoms with Crippen LogP contribution in [0.3, 0.4) is 0 Å². The molecule has 3 N–H and O–H groups in total. The zero-order valence-corrected chi connectivity index (χ0v) is 19.4. The lowest BCUT2D eigenvalue weighted by Crippen LogP contribution is -2.36. The number of amides is 3. The largest absolute Gasteiger partial charge is 0.325 e. The van der Waals surface area contributed by atoms with Crippen LogP contribution in [0, 0.1) is 0 Å². The lowest BCUT2D eigenvalue weighted by atomic mass is 10.2. The molecule has 0 bridgehead atoms. The summed E-state index contributed by atoms with van der Waals surface area (Å²) in [7, 11) is 1.71. The van der Waals surface area contributed by atoms with Gasteiger partial charge in [0.1, 0.15) is 0 Å². The third-order valence-corrected chi connectivity index (χ3v) is 6.04. The summed E-state index contributed by atoms with van der Waals surface area (Å²) in [5.74, 6) is -0.593. The molecule has 166 valence electrons. The van der Waals surface area contributed by atoms with Gasteiger partial charge in [0.15, 0.2) is 0 Å². The van der Waals surface area contributed by atoms with Crippen LogP contribution >= 0.6 is 23.1 Å². The third-order valence-electron chi connectivity index (χ3n) is 4.38. The van der Waals surface area contributed by atoms with Crippen LogP contribution in [-0.4, -0.2) is 49.0 Å². The Morgan fingerprint density at radius 1 is 0.844 bits per heavy atom. The number of hydrogen-bond donors (Lipinski definition) is 3. The van der Waals surface area contributed by atoms with E-state index >= 15 is 0 Å². The Kier molecular flexibility index (Phi) is 8.43. The molecule has 0 unspecified atom stereocenters. The summed E-state index contributed by atoms with van der Waals surface area (Å²) in [6.07, 6.45) is 1.95. The molecule has 2 aromatic carbocycles. The topological polar surface area (TPSA) is 90.5 Å². The molecule has 3 rings (SSSR count). The van der Waals surface area contributed by atoms with E-state index in [0.717, 1.165) is 10.6 Å². The van der Waals surface area contributed by atoms with Crippen molar-refractivity contribution in [3.8, 4) is 0 Å². The van der Waals surface area contributed by atoms with Crippen molar-refractivity contribution in [1.29, 1.82) is 0 Å². The fraction of sp³-hybridized carbons (Fsp3) is 0.174. The monoisotopic (exact) mass is 468 g/mol. The number of thiophene rings is 1. The highest BCUT2D eigenvalue weighted by atomic mass is 32.2. The van der Waals surface area contributed by atoms with Crippen molar-refractivity contribution in [3.63, 3.8) is 0 Å². The summed E-state index contributed by atoms with van der Waals surface area (Å²) < 4.78 is 0. The number of nitrogens with zero attached hydrogens (tertiary/aromatic N) is 1. The molecule has 1 aromatic heterocycles. The first-order chi connectivity index (χ1) is 15.4. The summed E-state index contributed by atoms with van der Waals surface area (Å²) in [5, 5.41) is 10.3. The molecule has 0 saturated heterocycles. The summed E-state index contributed by atoms with van der Waals surface area (Å²) in [5.41, 5.74) is 2.01. The Hall–Kier alpha value is -3.14. The Morgan fingerprint density at radius 2 is 1.47 bits per heavy atom. The SMILES string of the molecule is CSc1ccccc1NC(=O)CN(C)CC(=O)Nc1ccc(NC(=O)c2cccs2)cc1. The molecule has 1 heterocycles. The van der Waals surface area contributed by atoms with Gasteiger partial charge in [0.25, 0.3) is 5.91 Å². The molecular formula is C23H24N4O3S2. The lowest BCUT2D eigenvalue weighted by Gasteiger charge is -2.17. The number of carbonyl (C=O) groups excluding carboxylic acids is 3. The van der Waals surface area contributed by atoms with E-state index in [4.69, 9.17) is 0 Å². The number of rotatable bonds is 9. The Labute approximate surface area is 195 Å². The molecule has 0 aliphatic heterocycles. The third kappa shape index (κ3) is 6.94. The fourth-order valence-corrected chi connectivity index (χ4v) is 4.09. The first-order valence-corrected chi connectivity index (χ1v) is 11.9. The van der Waals surface area contributed by atoms with Crippen molar-refractivity contribution in [3.05, 3.63) is 70.9 Å². The van der Waals surface area contributed by atoms with E-state index < -0.39 is 0 Å². The summed E-state index contributed by atoms with van der Waals surface area (Å²) in [6.45, 7) is 0.151. The molecule has 32 heavy (non-hydrogen) atoms. The molecule has 7 nitrogen and oxygen atoms in total. The zero-order valence-electron chi connectivity index (χ0n) is 17.8. The van der Waals surface area contributed by atoms with Crippen LogP contribution in [0.4, 0.5) is 17.1 Å². The van der Waals surface area contributed by atoms with E-state index in [1.54, 1.807) is 54.0 Å². The minimum atomic E-state index is -0.236. The number of para-hydroxylation sites is 1. The van der Waals surface area contributed by atoms with Crippen LogP contribution in [0.25, 0.3) is 0 Å². The maximum atomic E-state index is 12.3. The molecule has 9 heteroatoms. The molecule has 0 atom stereocenters. The molecule has 0 saturated carbocycles. The quantitative estimate of drug-likeness (QED) is 0.409. The first kappa shape index (κ1) is 23.5. The minimum absolute atomic E-state index is 0.0639. The number of thioether (sulfide) groups is 1. The average molecular weight is 469 g/mol. The average Bonchev–Trinajstić information content (AvgIpc) is 3.30. The Bertz CT molecular complexity index is 1070. The van der Waals surface area contributed by atoms with Crippen LogP contribution in [0.2, 0.25) is 0 Å². The summed E-state index contributed by atoms with van der Waals surface area (Å²) in [4.78, 5) is 40.0. The predicted octanol–water partition coefficient (Wildman–Crippen LogP) is 4.23. The summed E-state index contributed by atoms with van der Waals surface area (Å²) in [6, 6.07) is 18.0. The van der Waals surface area contributed by atoms with Gasteiger partial charge in [0, 0.05) is 16.3 Å². The molecule has 3 aromatic rings. The van der Waals surface area contributed by atoms with E-state index in [9.17, 15) is 14.4 Å². The normalized spacial score (nSPS) is 10.6. The van der Waals surface area contributed by atoms with Crippen molar-refractivity contribution in [2.24, 2.45) is 0 Å². The summed E-state index contributed by atoms with van der Waals surface area (Å²) >= 11 is 2.93. The van der Waals surface area contributed by atoms with E-state index in [-0.39, 0.29) is 30.8 Å². The van der Waals surface area contributed by atoms with Gasteiger partial charge in [-0.05, 0) is 61.1 Å². The molecule has 0 radical (unpaired) electrons. The second-order valence-electron chi connectivity index (χ2n) is 6.98. The molecule has 0 aliphatic rings. The maximum absolute atomic E-state index is 12.3. The van der Waals surface area contributed by atoms with Crippen LogP contribution in [-0.2, 0) is 9.59 Å². The predicted molar refractivity (Wildman–Crippen MR) is 132 cm³/mol. The number of benzene rings is 2. The number of hydrogen-bond acceptors (Lipinski definition) is 6. The zero-order chi connectivity index (χ0) is 22.9. The van der Waals surface area contributed by atoms with E-state index in [1.807, 2.05) is 42.0 Å². The van der Waals surface area contributed by atoms with Crippen molar-refractivity contribution in [1.82, 2.24) is 4.90 Å². The molecule has 3 amide bonds. The van der Waals surface area contributed by atoms with Gasteiger partial charge in [-0.2, -0.15) is 0 Å². The maximum Gasteiger partial charge on any atom is 0.265 e. The minimum Gasteiger partial charge on any atom is -0.325 e. The van der Waals surface area contributed by atoms with Gasteiger partial charge < -0.3 is 16.0 Å². The van der Waals surface area contributed by atoms with Crippen LogP contribution < -0.4 is 16.0 Å². The van der Waals surface area contributed by atoms with Crippen molar-refractivity contribution < 1.29 is 14.4 Å². The lowest BCUT2D eigenvalue weighted by molar-refractivity contribution is -0.119. The highest BCUT2D eigenvalue weighted by Gasteiger charge is 2.13. The Balaban J connectivity index is 1.45. The van der Waals surface area contributed by atoms with Gasteiger partial charge in [-0.1, -0.05) is 18.2 Å². The van der Waals surface area contributed by atoms with E-state index in [0.29, 0.717) is 16.3 Å². The van der Waals surface area contributed by atoms with Crippen LogP contribution in [0.1, 0.15) is 9.67 Å². The van der Waals surface area contributed by atoms with Gasteiger partial charge in [-0.3, -0.25) is 19.3 Å². The molecule has 0 aliphatic carbocycles. The van der Waals surface area contributed by atoms with Crippen molar-refractivity contribution >= 4 is 57.9 Å².